The highest BCUT2D eigenvalue weighted by Crippen LogP contribution is 2.23. The molecule has 0 radical (unpaired) electrons. The van der Waals surface area contributed by atoms with Crippen LogP contribution in [-0.4, -0.2) is 35.8 Å². The first-order valence-electron chi connectivity index (χ1n) is 8.93. The van der Waals surface area contributed by atoms with Crippen LogP contribution < -0.4 is 10.2 Å². The minimum absolute atomic E-state index is 0.165. The van der Waals surface area contributed by atoms with Gasteiger partial charge in [-0.3, -0.25) is 19.3 Å². The van der Waals surface area contributed by atoms with Gasteiger partial charge in [-0.1, -0.05) is 12.8 Å². The number of rotatable bonds is 5. The van der Waals surface area contributed by atoms with E-state index in [1.54, 1.807) is 0 Å². The molecule has 1 aromatic carbocycles. The van der Waals surface area contributed by atoms with Gasteiger partial charge < -0.3 is 10.1 Å². The SMILES string of the molecule is CC(OC(=O)c1ccc(N2C(=O)CCC2=O)cc1)C(=O)NC1CCCC1. The topological polar surface area (TPSA) is 92.8 Å². The Balaban J connectivity index is 1.58. The molecule has 1 aliphatic carbocycles. The van der Waals surface area contributed by atoms with Gasteiger partial charge in [-0.05, 0) is 44.0 Å². The van der Waals surface area contributed by atoms with Crippen molar-refractivity contribution < 1.29 is 23.9 Å². The number of hydrogen-bond donors (Lipinski definition) is 1. The highest BCUT2D eigenvalue weighted by atomic mass is 16.5. The van der Waals surface area contributed by atoms with Gasteiger partial charge in [0.2, 0.25) is 11.8 Å². The summed E-state index contributed by atoms with van der Waals surface area (Å²) in [5, 5.41) is 2.89. The summed E-state index contributed by atoms with van der Waals surface area (Å²) in [6, 6.07) is 6.19. The highest BCUT2D eigenvalue weighted by molar-refractivity contribution is 6.19. The molecule has 1 N–H and O–H groups in total. The van der Waals surface area contributed by atoms with Gasteiger partial charge in [0, 0.05) is 18.9 Å². The van der Waals surface area contributed by atoms with Gasteiger partial charge in [-0.2, -0.15) is 0 Å². The maximum Gasteiger partial charge on any atom is 0.338 e. The highest BCUT2D eigenvalue weighted by Gasteiger charge is 2.30. The molecule has 138 valence electrons. The Morgan fingerprint density at radius 3 is 2.23 bits per heavy atom. The summed E-state index contributed by atoms with van der Waals surface area (Å²) in [4.78, 5) is 48.9. The van der Waals surface area contributed by atoms with Crippen molar-refractivity contribution in [3.63, 3.8) is 0 Å². The zero-order chi connectivity index (χ0) is 18.7. The number of amides is 3. The van der Waals surface area contributed by atoms with E-state index in [-0.39, 0.29) is 42.2 Å². The number of anilines is 1. The first-order chi connectivity index (χ1) is 12.5. The molecular formula is C19H22N2O5. The van der Waals surface area contributed by atoms with E-state index in [2.05, 4.69) is 5.32 Å². The molecule has 1 saturated heterocycles. The number of imide groups is 1. The van der Waals surface area contributed by atoms with Crippen LogP contribution in [0.5, 0.6) is 0 Å². The lowest BCUT2D eigenvalue weighted by Crippen LogP contribution is -2.40. The summed E-state index contributed by atoms with van der Waals surface area (Å²) in [6.45, 7) is 1.54. The second-order valence-corrected chi connectivity index (χ2v) is 6.71. The van der Waals surface area contributed by atoms with Crippen LogP contribution in [0.15, 0.2) is 24.3 Å². The fourth-order valence-corrected chi connectivity index (χ4v) is 3.28. The number of esters is 1. The third kappa shape index (κ3) is 3.92. The van der Waals surface area contributed by atoms with E-state index in [0.717, 1.165) is 30.6 Å². The Hall–Kier alpha value is -2.70. The van der Waals surface area contributed by atoms with Crippen LogP contribution in [0.3, 0.4) is 0 Å². The maximum absolute atomic E-state index is 12.2. The Morgan fingerprint density at radius 2 is 1.65 bits per heavy atom. The lowest BCUT2D eigenvalue weighted by Gasteiger charge is -2.17. The number of carbonyl (C=O) groups excluding carboxylic acids is 4. The summed E-state index contributed by atoms with van der Waals surface area (Å²) in [5.41, 5.74) is 0.689. The second kappa shape index (κ2) is 7.68. The minimum atomic E-state index is -0.885. The van der Waals surface area contributed by atoms with Gasteiger partial charge in [0.15, 0.2) is 6.10 Å². The van der Waals surface area contributed by atoms with Crippen molar-refractivity contribution >= 4 is 29.4 Å². The van der Waals surface area contributed by atoms with E-state index in [9.17, 15) is 19.2 Å². The first-order valence-corrected chi connectivity index (χ1v) is 8.93. The summed E-state index contributed by atoms with van der Waals surface area (Å²) in [7, 11) is 0. The maximum atomic E-state index is 12.2. The normalized spacial score (nSPS) is 18.9. The molecule has 3 rings (SSSR count). The van der Waals surface area contributed by atoms with Crippen LogP contribution >= 0.6 is 0 Å². The Bertz CT molecular complexity index is 706. The number of carbonyl (C=O) groups is 4. The largest absolute Gasteiger partial charge is 0.449 e. The summed E-state index contributed by atoms with van der Waals surface area (Å²) >= 11 is 0. The monoisotopic (exact) mass is 358 g/mol. The zero-order valence-corrected chi connectivity index (χ0v) is 14.7. The van der Waals surface area contributed by atoms with E-state index in [1.807, 2.05) is 0 Å². The molecule has 1 aromatic rings. The Labute approximate surface area is 151 Å². The van der Waals surface area contributed by atoms with Crippen molar-refractivity contribution in [2.75, 3.05) is 4.90 Å². The summed E-state index contributed by atoms with van der Waals surface area (Å²) < 4.78 is 5.22. The average molecular weight is 358 g/mol. The molecule has 3 amide bonds. The molecule has 1 saturated carbocycles. The van der Waals surface area contributed by atoms with Crippen molar-refractivity contribution in [3.8, 4) is 0 Å². The van der Waals surface area contributed by atoms with Gasteiger partial charge in [-0.25, -0.2) is 4.79 Å². The second-order valence-electron chi connectivity index (χ2n) is 6.71. The van der Waals surface area contributed by atoms with Crippen molar-refractivity contribution in [3.05, 3.63) is 29.8 Å². The first kappa shape index (κ1) is 18.1. The van der Waals surface area contributed by atoms with Gasteiger partial charge in [-0.15, -0.1) is 0 Å². The van der Waals surface area contributed by atoms with E-state index in [0.29, 0.717) is 5.69 Å². The molecule has 1 heterocycles. The Kier molecular flexibility index (Phi) is 5.35. The van der Waals surface area contributed by atoms with E-state index < -0.39 is 12.1 Å². The smallest absolute Gasteiger partial charge is 0.338 e. The van der Waals surface area contributed by atoms with E-state index in [1.165, 1.54) is 31.2 Å². The van der Waals surface area contributed by atoms with Crippen molar-refractivity contribution in [2.24, 2.45) is 0 Å². The lowest BCUT2D eigenvalue weighted by atomic mass is 10.2. The predicted molar refractivity (Wildman–Crippen MR) is 93.4 cm³/mol. The van der Waals surface area contributed by atoms with Crippen molar-refractivity contribution in [1.82, 2.24) is 5.32 Å². The van der Waals surface area contributed by atoms with Gasteiger partial charge in [0.25, 0.3) is 5.91 Å². The number of benzene rings is 1. The van der Waals surface area contributed by atoms with E-state index >= 15 is 0 Å². The van der Waals surface area contributed by atoms with Crippen molar-refractivity contribution in [2.45, 2.75) is 57.6 Å². The molecule has 1 unspecified atom stereocenters. The van der Waals surface area contributed by atoms with Crippen LogP contribution in [0.4, 0.5) is 5.69 Å². The average Bonchev–Trinajstić information content (AvgIpc) is 3.24. The molecule has 2 aliphatic rings. The molecule has 1 atom stereocenters. The molecule has 0 spiro atoms. The van der Waals surface area contributed by atoms with Crippen LogP contribution in [-0.2, 0) is 19.1 Å². The molecule has 0 bridgehead atoms. The van der Waals surface area contributed by atoms with Gasteiger partial charge in [0.1, 0.15) is 0 Å². The molecule has 1 aliphatic heterocycles. The third-order valence-electron chi connectivity index (χ3n) is 4.77. The van der Waals surface area contributed by atoms with Crippen LogP contribution in [0.2, 0.25) is 0 Å². The van der Waals surface area contributed by atoms with E-state index in [4.69, 9.17) is 4.74 Å². The van der Waals surface area contributed by atoms with Crippen LogP contribution in [0.1, 0.15) is 55.8 Å². The van der Waals surface area contributed by atoms with Crippen molar-refractivity contribution in [1.29, 1.82) is 0 Å². The summed E-state index contributed by atoms with van der Waals surface area (Å²) in [6.07, 6.45) is 3.65. The minimum Gasteiger partial charge on any atom is -0.449 e. The fraction of sp³-hybridized carbons (Fsp3) is 0.474. The molecule has 7 heteroatoms. The quantitative estimate of drug-likeness (QED) is 0.641. The number of ether oxygens (including phenoxy) is 1. The summed E-state index contributed by atoms with van der Waals surface area (Å²) in [5.74, 6) is -1.41. The molecular weight excluding hydrogens is 336 g/mol. The lowest BCUT2D eigenvalue weighted by molar-refractivity contribution is -0.129. The standard InChI is InChI=1S/C19H22N2O5/c1-12(18(24)20-14-4-2-3-5-14)26-19(25)13-6-8-15(9-7-13)21-16(22)10-11-17(21)23/h6-9,12,14H,2-5,10-11H2,1H3,(H,20,24). The van der Waals surface area contributed by atoms with Crippen LogP contribution in [0, 0.1) is 0 Å². The van der Waals surface area contributed by atoms with Crippen LogP contribution in [0.25, 0.3) is 0 Å². The van der Waals surface area contributed by atoms with Gasteiger partial charge >= 0.3 is 5.97 Å². The number of nitrogens with one attached hydrogen (secondary N) is 1. The zero-order valence-electron chi connectivity index (χ0n) is 14.7. The fourth-order valence-electron chi connectivity index (χ4n) is 3.28. The molecule has 26 heavy (non-hydrogen) atoms. The predicted octanol–water partition coefficient (Wildman–Crippen LogP) is 1.94. The Morgan fingerprint density at radius 1 is 1.08 bits per heavy atom. The number of hydrogen-bond acceptors (Lipinski definition) is 5. The molecule has 7 nitrogen and oxygen atoms in total. The third-order valence-corrected chi connectivity index (χ3v) is 4.77. The molecule has 2 fully saturated rings. The van der Waals surface area contributed by atoms with Gasteiger partial charge in [0.05, 0.1) is 11.3 Å². The number of nitrogens with zero attached hydrogens (tertiary/aromatic N) is 1. The molecule has 0 aromatic heterocycles.